The summed E-state index contributed by atoms with van der Waals surface area (Å²) in [6.45, 7) is 2.05. The molecule has 0 spiro atoms. The molecule has 0 unspecified atom stereocenters. The molecule has 0 aliphatic carbocycles. The van der Waals surface area contributed by atoms with Crippen molar-refractivity contribution in [2.45, 2.75) is 25.9 Å². The Morgan fingerprint density at radius 1 is 1.20 bits per heavy atom. The molecule has 1 aromatic carbocycles. The van der Waals surface area contributed by atoms with Crippen molar-refractivity contribution in [3.63, 3.8) is 0 Å². The number of aromatic nitrogens is 2. The molecule has 30 heavy (non-hydrogen) atoms. The third kappa shape index (κ3) is 5.52. The molecule has 0 saturated heterocycles. The number of rotatable bonds is 7. The first-order valence-electron chi connectivity index (χ1n) is 9.20. The smallest absolute Gasteiger partial charge is 0.268 e. The van der Waals surface area contributed by atoms with Gasteiger partial charge in [0.1, 0.15) is 17.6 Å². The summed E-state index contributed by atoms with van der Waals surface area (Å²) in [5.41, 5.74) is 8.19. The Labute approximate surface area is 184 Å². The van der Waals surface area contributed by atoms with Gasteiger partial charge in [-0.3, -0.25) is 9.59 Å². The number of halogens is 2. The van der Waals surface area contributed by atoms with Crippen molar-refractivity contribution in [3.05, 3.63) is 81.2 Å². The number of hydrogen-bond donors (Lipinski definition) is 4. The Hall–Kier alpha value is -3.03. The Balaban J connectivity index is 1.77. The Bertz CT molecular complexity index is 1050. The zero-order chi connectivity index (χ0) is 21.7. The van der Waals surface area contributed by atoms with Crippen LogP contribution in [-0.4, -0.2) is 27.8 Å². The van der Waals surface area contributed by atoms with Gasteiger partial charge in [0.2, 0.25) is 5.91 Å². The van der Waals surface area contributed by atoms with E-state index in [2.05, 4.69) is 20.6 Å². The monoisotopic (exact) mass is 445 g/mol. The number of amides is 2. The topological polar surface area (TPSA) is 113 Å². The molecule has 3 aromatic rings. The van der Waals surface area contributed by atoms with Crippen LogP contribution in [-0.2, 0) is 17.8 Å². The summed E-state index contributed by atoms with van der Waals surface area (Å²) < 4.78 is 0. The quantitative estimate of drug-likeness (QED) is 0.446. The van der Waals surface area contributed by atoms with E-state index in [-0.39, 0.29) is 24.8 Å². The van der Waals surface area contributed by atoms with Crippen molar-refractivity contribution >= 4 is 40.8 Å². The van der Waals surface area contributed by atoms with Gasteiger partial charge >= 0.3 is 0 Å². The van der Waals surface area contributed by atoms with E-state index in [9.17, 15) is 9.59 Å². The van der Waals surface area contributed by atoms with E-state index in [1.807, 2.05) is 6.92 Å². The van der Waals surface area contributed by atoms with Gasteiger partial charge in [0.15, 0.2) is 0 Å². The van der Waals surface area contributed by atoms with E-state index in [0.29, 0.717) is 27.1 Å². The van der Waals surface area contributed by atoms with Crippen LogP contribution < -0.4 is 16.4 Å². The van der Waals surface area contributed by atoms with E-state index in [1.165, 1.54) is 0 Å². The lowest BCUT2D eigenvalue weighted by Crippen LogP contribution is -2.48. The summed E-state index contributed by atoms with van der Waals surface area (Å²) in [5.74, 6) is -0.350. The van der Waals surface area contributed by atoms with Crippen LogP contribution >= 0.6 is 23.2 Å². The molecule has 156 valence electrons. The van der Waals surface area contributed by atoms with Gasteiger partial charge in [-0.2, -0.15) is 0 Å². The van der Waals surface area contributed by atoms with E-state index in [0.717, 1.165) is 11.1 Å². The Morgan fingerprint density at radius 3 is 2.67 bits per heavy atom. The third-order valence-electron chi connectivity index (χ3n) is 4.55. The van der Waals surface area contributed by atoms with Crippen LogP contribution in [0, 0.1) is 6.92 Å². The normalized spacial score (nSPS) is 11.7. The summed E-state index contributed by atoms with van der Waals surface area (Å²) in [7, 11) is 0. The second-order valence-corrected chi connectivity index (χ2v) is 7.65. The van der Waals surface area contributed by atoms with Crippen LogP contribution in [0.3, 0.4) is 0 Å². The number of benzene rings is 1. The average Bonchev–Trinajstić information content (AvgIpc) is 3.15. The molecule has 2 amide bonds. The first-order chi connectivity index (χ1) is 14.3. The lowest BCUT2D eigenvalue weighted by molar-refractivity contribution is -0.123. The standard InChI is InChI=1S/C21H21Cl2N5O2/c1-12-6-7-25-19(12)21(30)28-17(9-14-8-15(22)3-4-16(14)23)20(29)27-11-13-2-5-18(24)26-10-13/h2-8,10,17,25H,9,11H2,1H3,(H2,24,26)(H,27,29)(H,28,30)/t17-/m0/s1. The van der Waals surface area contributed by atoms with Gasteiger partial charge in [-0.1, -0.05) is 29.3 Å². The highest BCUT2D eigenvalue weighted by atomic mass is 35.5. The summed E-state index contributed by atoms with van der Waals surface area (Å²) in [4.78, 5) is 32.5. The molecule has 1 atom stereocenters. The third-order valence-corrected chi connectivity index (χ3v) is 5.15. The number of aryl methyl sites for hydroxylation is 1. The fraction of sp³-hybridized carbons (Fsp3) is 0.190. The fourth-order valence-corrected chi connectivity index (χ4v) is 3.29. The van der Waals surface area contributed by atoms with E-state index < -0.39 is 6.04 Å². The lowest BCUT2D eigenvalue weighted by atomic mass is 10.0. The number of nitrogens with two attached hydrogens (primary N) is 1. The molecule has 0 aliphatic heterocycles. The molecule has 9 heteroatoms. The van der Waals surface area contributed by atoms with Gasteiger partial charge in [-0.05, 0) is 53.9 Å². The molecule has 0 bridgehead atoms. The first-order valence-corrected chi connectivity index (χ1v) is 9.96. The van der Waals surface area contributed by atoms with Crippen molar-refractivity contribution in [2.75, 3.05) is 5.73 Å². The van der Waals surface area contributed by atoms with Crippen molar-refractivity contribution in [1.82, 2.24) is 20.6 Å². The predicted molar refractivity (Wildman–Crippen MR) is 117 cm³/mol. The van der Waals surface area contributed by atoms with Gasteiger partial charge in [-0.15, -0.1) is 0 Å². The number of H-pyrrole nitrogens is 1. The largest absolute Gasteiger partial charge is 0.384 e. The molecule has 0 radical (unpaired) electrons. The minimum absolute atomic E-state index is 0.177. The van der Waals surface area contributed by atoms with Gasteiger partial charge in [-0.25, -0.2) is 4.98 Å². The Morgan fingerprint density at radius 2 is 2.00 bits per heavy atom. The highest BCUT2D eigenvalue weighted by molar-refractivity contribution is 6.33. The van der Waals surface area contributed by atoms with Gasteiger partial charge < -0.3 is 21.4 Å². The molecule has 5 N–H and O–H groups in total. The SMILES string of the molecule is Cc1cc[nH]c1C(=O)N[C@@H](Cc1cc(Cl)ccc1Cl)C(=O)NCc1ccc(N)nc1. The molecular weight excluding hydrogens is 425 g/mol. The number of nitrogens with zero attached hydrogens (tertiary/aromatic N) is 1. The maximum Gasteiger partial charge on any atom is 0.268 e. The number of carbonyl (C=O) groups is 2. The molecule has 2 aromatic heterocycles. The predicted octanol–water partition coefficient (Wildman–Crippen LogP) is 3.26. The maximum atomic E-state index is 12.9. The Kier molecular flexibility index (Phi) is 6.97. The number of carbonyl (C=O) groups excluding carboxylic acids is 2. The molecular formula is C21H21Cl2N5O2. The first kappa shape index (κ1) is 21.7. The summed E-state index contributed by atoms with van der Waals surface area (Å²) >= 11 is 12.3. The van der Waals surface area contributed by atoms with Crippen molar-refractivity contribution in [3.8, 4) is 0 Å². The van der Waals surface area contributed by atoms with Crippen LogP contribution in [0.25, 0.3) is 0 Å². The number of aromatic amines is 1. The van der Waals surface area contributed by atoms with Crippen LogP contribution in [0.4, 0.5) is 5.82 Å². The number of pyridine rings is 1. The van der Waals surface area contributed by atoms with Gasteiger partial charge in [0.25, 0.3) is 5.91 Å². The average molecular weight is 446 g/mol. The second-order valence-electron chi connectivity index (χ2n) is 6.81. The second kappa shape index (κ2) is 9.65. The van der Waals surface area contributed by atoms with Gasteiger partial charge in [0, 0.05) is 35.4 Å². The van der Waals surface area contributed by atoms with E-state index in [1.54, 1.807) is 48.8 Å². The summed E-state index contributed by atoms with van der Waals surface area (Å²) in [6, 6.07) is 9.35. The minimum atomic E-state index is -0.863. The number of hydrogen-bond acceptors (Lipinski definition) is 4. The van der Waals surface area contributed by atoms with Crippen molar-refractivity contribution < 1.29 is 9.59 Å². The molecule has 0 fully saturated rings. The van der Waals surface area contributed by atoms with Crippen LogP contribution in [0.2, 0.25) is 10.0 Å². The molecule has 0 saturated carbocycles. The minimum Gasteiger partial charge on any atom is -0.384 e. The molecule has 2 heterocycles. The number of nitrogens with one attached hydrogen (secondary N) is 3. The summed E-state index contributed by atoms with van der Waals surface area (Å²) in [5, 5.41) is 6.56. The zero-order valence-corrected chi connectivity index (χ0v) is 17.7. The lowest BCUT2D eigenvalue weighted by Gasteiger charge is -2.19. The fourth-order valence-electron chi connectivity index (χ4n) is 2.90. The van der Waals surface area contributed by atoms with Crippen LogP contribution in [0.1, 0.15) is 27.2 Å². The molecule has 3 rings (SSSR count). The van der Waals surface area contributed by atoms with E-state index >= 15 is 0 Å². The maximum absolute atomic E-state index is 12.9. The highest BCUT2D eigenvalue weighted by Gasteiger charge is 2.24. The number of anilines is 1. The van der Waals surface area contributed by atoms with Crippen LogP contribution in [0.5, 0.6) is 0 Å². The van der Waals surface area contributed by atoms with Gasteiger partial charge in [0.05, 0.1) is 0 Å². The zero-order valence-electron chi connectivity index (χ0n) is 16.2. The van der Waals surface area contributed by atoms with Crippen molar-refractivity contribution in [2.24, 2.45) is 0 Å². The molecule has 0 aliphatic rings. The van der Waals surface area contributed by atoms with Crippen molar-refractivity contribution in [1.29, 1.82) is 0 Å². The highest BCUT2D eigenvalue weighted by Crippen LogP contribution is 2.22. The summed E-state index contributed by atoms with van der Waals surface area (Å²) in [6.07, 6.45) is 3.43. The van der Waals surface area contributed by atoms with E-state index in [4.69, 9.17) is 28.9 Å². The molecule has 7 nitrogen and oxygen atoms in total. The van der Waals surface area contributed by atoms with Crippen LogP contribution in [0.15, 0.2) is 48.8 Å². The number of nitrogen functional groups attached to an aromatic ring is 1.